The van der Waals surface area contributed by atoms with Crippen LogP contribution in [0.25, 0.3) is 0 Å². The van der Waals surface area contributed by atoms with Crippen LogP contribution in [0.1, 0.15) is 0 Å². The maximum Gasteiger partial charge on any atom is 0.232 e. The summed E-state index contributed by atoms with van der Waals surface area (Å²) >= 11 is 0. The van der Waals surface area contributed by atoms with Crippen molar-refractivity contribution >= 4 is 15.7 Å². The fourth-order valence-electron chi connectivity index (χ4n) is 1.18. The molecule has 0 amide bonds. The highest BCUT2D eigenvalue weighted by molar-refractivity contribution is 7.92. The minimum absolute atomic E-state index is 0.0416. The first kappa shape index (κ1) is 11.7. The molecule has 1 rings (SSSR count). The molecule has 0 fully saturated rings. The van der Waals surface area contributed by atoms with Gasteiger partial charge in [0, 0.05) is 0 Å². The molecule has 0 aromatic heterocycles. The van der Waals surface area contributed by atoms with E-state index in [4.69, 9.17) is 0 Å². The molecule has 5 heteroatoms. The highest BCUT2D eigenvalue weighted by Gasteiger charge is 2.18. The Hall–Kier alpha value is -1.36. The maximum atomic E-state index is 13.4. The van der Waals surface area contributed by atoms with Crippen LogP contribution in [0.4, 0.5) is 10.1 Å². The summed E-state index contributed by atoms with van der Waals surface area (Å²) in [5, 5.41) is 0. The lowest BCUT2D eigenvalue weighted by atomic mass is 10.3. The Morgan fingerprint density at radius 3 is 2.53 bits per heavy atom. The lowest BCUT2D eigenvalue weighted by molar-refractivity contribution is 0.593. The third kappa shape index (κ3) is 2.79. The van der Waals surface area contributed by atoms with Crippen LogP contribution in [0.15, 0.2) is 36.9 Å². The van der Waals surface area contributed by atoms with Gasteiger partial charge in [0.2, 0.25) is 10.0 Å². The fraction of sp³-hybridized carbons (Fsp3) is 0.200. The van der Waals surface area contributed by atoms with Crippen molar-refractivity contribution in [1.29, 1.82) is 0 Å². The number of halogens is 1. The Labute approximate surface area is 88.9 Å². The molecule has 0 aliphatic carbocycles. The number of benzene rings is 1. The van der Waals surface area contributed by atoms with E-state index in [0.717, 1.165) is 10.6 Å². The first-order valence-electron chi connectivity index (χ1n) is 4.30. The number of nitrogens with zero attached hydrogens (tertiary/aromatic N) is 1. The maximum absolute atomic E-state index is 13.4. The summed E-state index contributed by atoms with van der Waals surface area (Å²) < 4.78 is 37.1. The van der Waals surface area contributed by atoms with Gasteiger partial charge in [0.05, 0.1) is 18.5 Å². The predicted octanol–water partition coefficient (Wildman–Crippen LogP) is 1.78. The van der Waals surface area contributed by atoms with Crippen molar-refractivity contribution in [1.82, 2.24) is 0 Å². The smallest absolute Gasteiger partial charge is 0.232 e. The van der Waals surface area contributed by atoms with Crippen LogP contribution < -0.4 is 4.31 Å². The third-order valence-electron chi connectivity index (χ3n) is 1.82. The first-order valence-corrected chi connectivity index (χ1v) is 6.15. The lowest BCUT2D eigenvalue weighted by Crippen LogP contribution is -2.30. The number of para-hydroxylation sites is 1. The Morgan fingerprint density at radius 2 is 2.07 bits per heavy atom. The molecular formula is C10H12FNO2S. The van der Waals surface area contributed by atoms with Gasteiger partial charge in [-0.2, -0.15) is 0 Å². The Bertz CT molecular complexity index is 456. The second kappa shape index (κ2) is 4.44. The van der Waals surface area contributed by atoms with Gasteiger partial charge in [-0.1, -0.05) is 18.2 Å². The minimum Gasteiger partial charge on any atom is -0.264 e. The second-order valence-electron chi connectivity index (χ2n) is 3.03. The number of sulfonamides is 1. The molecule has 0 saturated heterocycles. The van der Waals surface area contributed by atoms with E-state index in [1.165, 1.54) is 24.3 Å². The molecule has 1 aromatic carbocycles. The molecule has 1 aromatic rings. The zero-order valence-electron chi connectivity index (χ0n) is 8.35. The molecule has 82 valence electrons. The van der Waals surface area contributed by atoms with Gasteiger partial charge in [0.25, 0.3) is 0 Å². The average Bonchev–Trinajstić information content (AvgIpc) is 2.14. The molecule has 3 nitrogen and oxygen atoms in total. The molecule has 0 atom stereocenters. The topological polar surface area (TPSA) is 37.4 Å². The SMILES string of the molecule is C=CCN(c1ccccc1F)S(C)(=O)=O. The van der Waals surface area contributed by atoms with E-state index < -0.39 is 15.8 Å². The normalized spacial score (nSPS) is 11.1. The predicted molar refractivity (Wildman–Crippen MR) is 58.8 cm³/mol. The minimum atomic E-state index is -3.48. The fourth-order valence-corrected chi connectivity index (χ4v) is 2.07. The molecule has 0 aliphatic rings. The van der Waals surface area contributed by atoms with E-state index in [1.807, 2.05) is 0 Å². The standard InChI is InChI=1S/C10H12FNO2S/c1-3-8-12(15(2,13)14)10-7-5-4-6-9(10)11/h3-7H,1,8H2,2H3. The van der Waals surface area contributed by atoms with Crippen molar-refractivity contribution in [2.24, 2.45) is 0 Å². The quantitative estimate of drug-likeness (QED) is 0.738. The van der Waals surface area contributed by atoms with Crippen LogP contribution in [0, 0.1) is 5.82 Å². The van der Waals surface area contributed by atoms with Crippen molar-refractivity contribution in [2.45, 2.75) is 0 Å². The Morgan fingerprint density at radius 1 is 1.47 bits per heavy atom. The van der Waals surface area contributed by atoms with E-state index in [2.05, 4.69) is 6.58 Å². The van der Waals surface area contributed by atoms with Crippen LogP contribution in [-0.4, -0.2) is 21.2 Å². The first-order chi connectivity index (χ1) is 6.96. The van der Waals surface area contributed by atoms with Crippen molar-refractivity contribution in [3.05, 3.63) is 42.7 Å². The van der Waals surface area contributed by atoms with Crippen molar-refractivity contribution < 1.29 is 12.8 Å². The Balaban J connectivity index is 3.22. The molecule has 0 N–H and O–H groups in total. The van der Waals surface area contributed by atoms with Gasteiger partial charge in [0.15, 0.2) is 0 Å². The van der Waals surface area contributed by atoms with Crippen molar-refractivity contribution in [2.75, 3.05) is 17.1 Å². The van der Waals surface area contributed by atoms with Gasteiger partial charge in [-0.05, 0) is 12.1 Å². The molecule has 0 heterocycles. The highest BCUT2D eigenvalue weighted by atomic mass is 32.2. The summed E-state index contributed by atoms with van der Waals surface area (Å²) in [6.07, 6.45) is 2.44. The summed E-state index contributed by atoms with van der Waals surface area (Å²) in [6, 6.07) is 5.73. The zero-order chi connectivity index (χ0) is 11.5. The second-order valence-corrected chi connectivity index (χ2v) is 4.94. The average molecular weight is 229 g/mol. The van der Waals surface area contributed by atoms with Gasteiger partial charge in [-0.15, -0.1) is 6.58 Å². The third-order valence-corrected chi connectivity index (χ3v) is 2.96. The van der Waals surface area contributed by atoms with Crippen LogP contribution in [-0.2, 0) is 10.0 Å². The highest BCUT2D eigenvalue weighted by Crippen LogP contribution is 2.20. The summed E-state index contributed by atoms with van der Waals surface area (Å²) in [4.78, 5) is 0. The summed E-state index contributed by atoms with van der Waals surface area (Å²) in [7, 11) is -3.48. The van der Waals surface area contributed by atoms with Gasteiger partial charge in [-0.25, -0.2) is 12.8 Å². The largest absolute Gasteiger partial charge is 0.264 e. The van der Waals surface area contributed by atoms with E-state index in [1.54, 1.807) is 6.07 Å². The summed E-state index contributed by atoms with van der Waals surface area (Å²) in [5.74, 6) is -0.565. The van der Waals surface area contributed by atoms with Crippen LogP contribution in [0.3, 0.4) is 0 Å². The van der Waals surface area contributed by atoms with Crippen molar-refractivity contribution in [3.8, 4) is 0 Å². The number of anilines is 1. The summed E-state index contributed by atoms with van der Waals surface area (Å²) in [6.45, 7) is 3.50. The molecule has 15 heavy (non-hydrogen) atoms. The van der Waals surface area contributed by atoms with Crippen LogP contribution in [0.5, 0.6) is 0 Å². The molecule has 0 radical (unpaired) electrons. The lowest BCUT2D eigenvalue weighted by Gasteiger charge is -2.20. The van der Waals surface area contributed by atoms with Crippen LogP contribution in [0.2, 0.25) is 0 Å². The zero-order valence-corrected chi connectivity index (χ0v) is 9.17. The van der Waals surface area contributed by atoms with Gasteiger partial charge in [-0.3, -0.25) is 4.31 Å². The monoisotopic (exact) mass is 229 g/mol. The molecule has 0 saturated carbocycles. The molecular weight excluding hydrogens is 217 g/mol. The van der Waals surface area contributed by atoms with Gasteiger partial charge >= 0.3 is 0 Å². The van der Waals surface area contributed by atoms with E-state index >= 15 is 0 Å². The number of hydrogen-bond acceptors (Lipinski definition) is 2. The number of rotatable bonds is 4. The van der Waals surface area contributed by atoms with E-state index in [0.29, 0.717) is 0 Å². The van der Waals surface area contributed by atoms with E-state index in [9.17, 15) is 12.8 Å². The molecule has 0 aliphatic heterocycles. The van der Waals surface area contributed by atoms with E-state index in [-0.39, 0.29) is 12.2 Å². The van der Waals surface area contributed by atoms with Crippen LogP contribution >= 0.6 is 0 Å². The molecule has 0 spiro atoms. The Kier molecular flexibility index (Phi) is 3.47. The van der Waals surface area contributed by atoms with Gasteiger partial charge in [0.1, 0.15) is 5.82 Å². The summed E-state index contributed by atoms with van der Waals surface area (Å²) in [5.41, 5.74) is 0.0416. The van der Waals surface area contributed by atoms with Crippen molar-refractivity contribution in [3.63, 3.8) is 0 Å². The molecule has 0 unspecified atom stereocenters. The molecule has 0 bridgehead atoms. The van der Waals surface area contributed by atoms with Gasteiger partial charge < -0.3 is 0 Å². The number of hydrogen-bond donors (Lipinski definition) is 0.